The lowest BCUT2D eigenvalue weighted by Gasteiger charge is -2.27. The number of rotatable bonds is 4. The first-order valence-electron chi connectivity index (χ1n) is 12.4. The first-order valence-corrected chi connectivity index (χ1v) is 13.1. The van der Waals surface area contributed by atoms with Gasteiger partial charge in [0.05, 0.1) is 29.1 Å². The van der Waals surface area contributed by atoms with E-state index in [-0.39, 0.29) is 12.0 Å². The van der Waals surface area contributed by atoms with Crippen LogP contribution in [0.15, 0.2) is 42.5 Å². The molecule has 0 bridgehead atoms. The monoisotopic (exact) mass is 538 g/mol. The molecule has 3 aromatic rings. The van der Waals surface area contributed by atoms with E-state index >= 15 is 0 Å². The summed E-state index contributed by atoms with van der Waals surface area (Å²) in [4.78, 5) is 15.3. The molecule has 1 aliphatic rings. The molecule has 2 aromatic carbocycles. The van der Waals surface area contributed by atoms with Crippen LogP contribution in [0.2, 0.25) is 10.0 Å². The second-order valence-corrected chi connectivity index (χ2v) is 11.3. The molecule has 0 radical (unpaired) electrons. The SMILES string of the molecule is Cc1c(C(=O)NC(C)(C)C)nn(-c2ccc(C#CCN3CCC(O)CC3)cc2Cl)c1-c1ccc(Cl)cc1. The van der Waals surface area contributed by atoms with E-state index in [1.165, 1.54) is 0 Å². The molecule has 37 heavy (non-hydrogen) atoms. The molecule has 0 unspecified atom stereocenters. The number of aliphatic hydroxyl groups is 1. The molecule has 0 spiro atoms. The Labute approximate surface area is 228 Å². The van der Waals surface area contributed by atoms with E-state index in [0.29, 0.717) is 28.0 Å². The lowest BCUT2D eigenvalue weighted by Crippen LogP contribution is -2.41. The maximum atomic E-state index is 13.1. The Bertz CT molecular complexity index is 1340. The summed E-state index contributed by atoms with van der Waals surface area (Å²) in [5.41, 5.74) is 3.77. The third kappa shape index (κ3) is 6.74. The Kier molecular flexibility index (Phi) is 8.30. The van der Waals surface area contributed by atoms with E-state index in [4.69, 9.17) is 28.3 Å². The highest BCUT2D eigenvalue weighted by atomic mass is 35.5. The zero-order chi connectivity index (χ0) is 26.7. The minimum Gasteiger partial charge on any atom is -0.393 e. The molecule has 1 fully saturated rings. The average molecular weight is 540 g/mol. The van der Waals surface area contributed by atoms with Gasteiger partial charge in [-0.2, -0.15) is 5.10 Å². The molecule has 194 valence electrons. The number of hydrogen-bond acceptors (Lipinski definition) is 4. The molecule has 8 heteroatoms. The van der Waals surface area contributed by atoms with Gasteiger partial charge in [-0.3, -0.25) is 9.69 Å². The Hall–Kier alpha value is -2.82. The number of amides is 1. The molecule has 4 rings (SSSR count). The zero-order valence-electron chi connectivity index (χ0n) is 21.6. The van der Waals surface area contributed by atoms with Gasteiger partial charge in [0.2, 0.25) is 0 Å². The maximum Gasteiger partial charge on any atom is 0.272 e. The first kappa shape index (κ1) is 27.2. The van der Waals surface area contributed by atoms with Crippen molar-refractivity contribution < 1.29 is 9.90 Å². The third-order valence-electron chi connectivity index (χ3n) is 6.21. The van der Waals surface area contributed by atoms with Gasteiger partial charge >= 0.3 is 0 Å². The quantitative estimate of drug-likeness (QED) is 0.431. The predicted octanol–water partition coefficient (Wildman–Crippen LogP) is 5.49. The summed E-state index contributed by atoms with van der Waals surface area (Å²) in [6, 6.07) is 13.0. The summed E-state index contributed by atoms with van der Waals surface area (Å²) >= 11 is 12.9. The predicted molar refractivity (Wildman–Crippen MR) is 150 cm³/mol. The molecule has 2 N–H and O–H groups in total. The van der Waals surface area contributed by atoms with Gasteiger partial charge in [0.1, 0.15) is 0 Å². The lowest BCUT2D eigenvalue weighted by atomic mass is 10.0. The van der Waals surface area contributed by atoms with E-state index in [0.717, 1.165) is 48.3 Å². The minimum atomic E-state index is -0.403. The van der Waals surface area contributed by atoms with Gasteiger partial charge in [0.15, 0.2) is 5.69 Å². The van der Waals surface area contributed by atoms with E-state index in [1.54, 1.807) is 4.68 Å². The van der Waals surface area contributed by atoms with Gasteiger partial charge in [0, 0.05) is 40.3 Å². The summed E-state index contributed by atoms with van der Waals surface area (Å²) in [7, 11) is 0. The number of likely N-dealkylation sites (tertiary alicyclic amines) is 1. The standard InChI is InChI=1S/C29H32Cl2N4O2/c1-19-26(28(37)32-29(2,3)4)33-35(27(19)21-8-10-22(30)11-9-21)25-12-7-20(18-24(25)31)6-5-15-34-16-13-23(36)14-17-34/h7-12,18,23,36H,13-17H2,1-4H3,(H,32,37). The Morgan fingerprint density at radius 1 is 1.14 bits per heavy atom. The van der Waals surface area contributed by atoms with E-state index in [1.807, 2.05) is 70.2 Å². The average Bonchev–Trinajstić information content (AvgIpc) is 3.17. The maximum absolute atomic E-state index is 13.1. The number of carbonyl (C=O) groups is 1. The van der Waals surface area contributed by atoms with E-state index in [9.17, 15) is 9.90 Å². The van der Waals surface area contributed by atoms with Crippen LogP contribution in [0.5, 0.6) is 0 Å². The fraction of sp³-hybridized carbons (Fsp3) is 0.379. The van der Waals surface area contributed by atoms with Crippen molar-refractivity contribution in [3.8, 4) is 28.8 Å². The van der Waals surface area contributed by atoms with Crippen LogP contribution >= 0.6 is 23.2 Å². The second kappa shape index (κ2) is 11.3. The molecule has 2 heterocycles. The van der Waals surface area contributed by atoms with Crippen LogP contribution in [0.3, 0.4) is 0 Å². The second-order valence-electron chi connectivity index (χ2n) is 10.4. The topological polar surface area (TPSA) is 70.4 Å². The molecule has 1 aromatic heterocycles. The van der Waals surface area contributed by atoms with Gasteiger partial charge in [0.25, 0.3) is 5.91 Å². The lowest BCUT2D eigenvalue weighted by molar-refractivity contribution is 0.0888. The van der Waals surface area contributed by atoms with Crippen molar-refractivity contribution in [2.45, 2.75) is 52.2 Å². The fourth-order valence-electron chi connectivity index (χ4n) is 4.32. The fourth-order valence-corrected chi connectivity index (χ4v) is 4.71. The molecule has 1 aliphatic heterocycles. The van der Waals surface area contributed by atoms with Gasteiger partial charge < -0.3 is 10.4 Å². The highest BCUT2D eigenvalue weighted by molar-refractivity contribution is 6.32. The number of nitrogens with one attached hydrogen (secondary N) is 1. The van der Waals surface area contributed by atoms with E-state index < -0.39 is 5.54 Å². The van der Waals surface area contributed by atoms with Gasteiger partial charge in [-0.15, -0.1) is 0 Å². The molecule has 0 saturated carbocycles. The van der Waals surface area contributed by atoms with Crippen LogP contribution in [0.1, 0.15) is 55.2 Å². The van der Waals surface area contributed by atoms with Crippen molar-refractivity contribution in [1.29, 1.82) is 0 Å². The number of carbonyl (C=O) groups excluding carboxylic acids is 1. The summed E-state index contributed by atoms with van der Waals surface area (Å²) in [5.74, 6) is 6.15. The van der Waals surface area contributed by atoms with Crippen molar-refractivity contribution in [3.63, 3.8) is 0 Å². The van der Waals surface area contributed by atoms with Gasteiger partial charge in [-0.1, -0.05) is 47.2 Å². The highest BCUT2D eigenvalue weighted by Crippen LogP contribution is 2.32. The summed E-state index contributed by atoms with van der Waals surface area (Å²) in [5, 5.41) is 18.5. The van der Waals surface area contributed by atoms with Gasteiger partial charge in [-0.25, -0.2) is 4.68 Å². The van der Waals surface area contributed by atoms with Crippen LogP contribution in [0.25, 0.3) is 16.9 Å². The molecule has 6 nitrogen and oxygen atoms in total. The summed E-state index contributed by atoms with van der Waals surface area (Å²) in [6.45, 7) is 10.0. The smallest absolute Gasteiger partial charge is 0.272 e. The molecule has 0 aliphatic carbocycles. The highest BCUT2D eigenvalue weighted by Gasteiger charge is 2.25. The number of benzene rings is 2. The molecule has 1 amide bonds. The van der Waals surface area contributed by atoms with Gasteiger partial charge in [-0.05, 0) is 70.9 Å². The number of halogens is 2. The summed E-state index contributed by atoms with van der Waals surface area (Å²) < 4.78 is 1.72. The Balaban J connectivity index is 1.67. The Morgan fingerprint density at radius 3 is 2.43 bits per heavy atom. The number of aromatic nitrogens is 2. The number of nitrogens with zero attached hydrogens (tertiary/aromatic N) is 3. The largest absolute Gasteiger partial charge is 0.393 e. The van der Waals surface area contributed by atoms with Crippen molar-refractivity contribution >= 4 is 29.1 Å². The molecular formula is C29H32Cl2N4O2. The van der Waals surface area contributed by atoms with Crippen LogP contribution < -0.4 is 5.32 Å². The normalized spacial score (nSPS) is 14.8. The Morgan fingerprint density at radius 2 is 1.81 bits per heavy atom. The van der Waals surface area contributed by atoms with E-state index in [2.05, 4.69) is 22.1 Å². The minimum absolute atomic E-state index is 0.195. The number of piperidine rings is 1. The van der Waals surface area contributed by atoms with Crippen LogP contribution in [0, 0.1) is 18.8 Å². The molecule has 0 atom stereocenters. The summed E-state index contributed by atoms with van der Waals surface area (Å²) in [6.07, 6.45) is 1.38. The van der Waals surface area contributed by atoms with Crippen molar-refractivity contribution in [2.24, 2.45) is 0 Å². The van der Waals surface area contributed by atoms with Crippen LogP contribution in [0.4, 0.5) is 0 Å². The number of hydrogen-bond donors (Lipinski definition) is 2. The molecule has 1 saturated heterocycles. The van der Waals surface area contributed by atoms with Crippen molar-refractivity contribution in [3.05, 3.63) is 69.3 Å². The third-order valence-corrected chi connectivity index (χ3v) is 6.77. The first-order chi connectivity index (χ1) is 17.5. The van der Waals surface area contributed by atoms with Crippen molar-refractivity contribution in [1.82, 2.24) is 20.0 Å². The molecular weight excluding hydrogens is 507 g/mol. The van der Waals surface area contributed by atoms with Crippen molar-refractivity contribution in [2.75, 3.05) is 19.6 Å². The van der Waals surface area contributed by atoms with Crippen LogP contribution in [-0.2, 0) is 0 Å². The van der Waals surface area contributed by atoms with Crippen LogP contribution in [-0.4, -0.2) is 57.0 Å². The number of aliphatic hydroxyl groups excluding tert-OH is 1. The zero-order valence-corrected chi connectivity index (χ0v) is 23.1.